The number of hydrogen-bond donors (Lipinski definition) is 1. The summed E-state index contributed by atoms with van der Waals surface area (Å²) in [6.45, 7) is 3.71. The van der Waals surface area contributed by atoms with Gasteiger partial charge in [0, 0.05) is 25.7 Å². The summed E-state index contributed by atoms with van der Waals surface area (Å²) in [7, 11) is -3.38. The Morgan fingerprint density at radius 1 is 1.47 bits per heavy atom. The zero-order valence-corrected chi connectivity index (χ0v) is 11.7. The van der Waals surface area contributed by atoms with E-state index in [0.717, 1.165) is 0 Å². The van der Waals surface area contributed by atoms with Gasteiger partial charge in [0.1, 0.15) is 0 Å². The lowest BCUT2D eigenvalue weighted by molar-refractivity contribution is 0.283. The van der Waals surface area contributed by atoms with Crippen molar-refractivity contribution in [1.29, 1.82) is 5.26 Å². The molecule has 0 radical (unpaired) electrons. The van der Waals surface area contributed by atoms with E-state index in [1.165, 1.54) is 4.31 Å². The van der Waals surface area contributed by atoms with Gasteiger partial charge in [0.2, 0.25) is 10.0 Å². The molecule has 0 amide bonds. The monoisotopic (exact) mass is 279 g/mol. The Morgan fingerprint density at radius 2 is 2.21 bits per heavy atom. The Hall–Kier alpha value is -1.42. The first-order valence-electron chi connectivity index (χ1n) is 6.23. The first kappa shape index (κ1) is 14.0. The molecule has 1 aliphatic heterocycles. The Bertz CT molecular complexity index is 592. The van der Waals surface area contributed by atoms with Crippen molar-refractivity contribution in [3.8, 4) is 6.07 Å². The van der Waals surface area contributed by atoms with Crippen LogP contribution in [0, 0.1) is 11.3 Å². The van der Waals surface area contributed by atoms with Gasteiger partial charge in [-0.25, -0.2) is 8.42 Å². The van der Waals surface area contributed by atoms with Gasteiger partial charge in [-0.1, -0.05) is 18.2 Å². The molecule has 102 valence electrons. The van der Waals surface area contributed by atoms with Gasteiger partial charge in [-0.15, -0.1) is 0 Å². The molecule has 1 aromatic rings. The van der Waals surface area contributed by atoms with Gasteiger partial charge in [-0.2, -0.15) is 9.57 Å². The largest absolute Gasteiger partial charge is 0.314 e. The van der Waals surface area contributed by atoms with E-state index >= 15 is 0 Å². The van der Waals surface area contributed by atoms with E-state index in [0.29, 0.717) is 30.8 Å². The van der Waals surface area contributed by atoms with Crippen LogP contribution in [0.25, 0.3) is 0 Å². The average molecular weight is 279 g/mol. The number of benzene rings is 1. The molecule has 1 heterocycles. The molecule has 0 bridgehead atoms. The fraction of sp³-hybridized carbons (Fsp3) is 0.462. The quantitative estimate of drug-likeness (QED) is 0.883. The van der Waals surface area contributed by atoms with Crippen LogP contribution in [-0.4, -0.2) is 38.4 Å². The predicted octanol–water partition coefficient (Wildman–Crippen LogP) is 0.682. The van der Waals surface area contributed by atoms with Gasteiger partial charge in [0.05, 0.1) is 17.4 Å². The Balaban J connectivity index is 2.24. The summed E-state index contributed by atoms with van der Waals surface area (Å²) in [6.07, 6.45) is 0. The number of sulfonamides is 1. The lowest BCUT2D eigenvalue weighted by atomic mass is 10.1. The molecule has 1 N–H and O–H groups in total. The van der Waals surface area contributed by atoms with E-state index in [4.69, 9.17) is 5.26 Å². The number of nitriles is 1. The van der Waals surface area contributed by atoms with Crippen molar-refractivity contribution in [3.63, 3.8) is 0 Å². The third-order valence-electron chi connectivity index (χ3n) is 3.27. The molecule has 6 heteroatoms. The number of nitrogens with zero attached hydrogens (tertiary/aromatic N) is 2. The second-order valence-corrected chi connectivity index (χ2v) is 6.61. The lowest BCUT2D eigenvalue weighted by Crippen LogP contribution is -2.52. The van der Waals surface area contributed by atoms with Crippen LogP contribution in [0.4, 0.5) is 0 Å². The van der Waals surface area contributed by atoms with Crippen molar-refractivity contribution >= 4 is 10.0 Å². The Kier molecular flexibility index (Phi) is 4.20. The molecule has 1 aromatic carbocycles. The van der Waals surface area contributed by atoms with Crippen LogP contribution in [0.2, 0.25) is 0 Å². The number of rotatable bonds is 3. The zero-order chi connectivity index (χ0) is 13.9. The van der Waals surface area contributed by atoms with E-state index in [2.05, 4.69) is 5.32 Å². The first-order valence-corrected chi connectivity index (χ1v) is 7.84. The number of nitrogens with one attached hydrogen (secondary N) is 1. The zero-order valence-electron chi connectivity index (χ0n) is 10.8. The van der Waals surface area contributed by atoms with E-state index in [1.54, 1.807) is 24.3 Å². The van der Waals surface area contributed by atoms with Crippen LogP contribution in [0.5, 0.6) is 0 Å². The van der Waals surface area contributed by atoms with Crippen molar-refractivity contribution in [2.45, 2.75) is 18.7 Å². The van der Waals surface area contributed by atoms with Crippen LogP contribution >= 0.6 is 0 Å². The smallest absolute Gasteiger partial charge is 0.218 e. The highest BCUT2D eigenvalue weighted by Crippen LogP contribution is 2.17. The third-order valence-corrected chi connectivity index (χ3v) is 5.21. The van der Waals surface area contributed by atoms with Crippen LogP contribution in [-0.2, 0) is 15.8 Å². The van der Waals surface area contributed by atoms with Crippen molar-refractivity contribution in [3.05, 3.63) is 35.4 Å². The van der Waals surface area contributed by atoms with Crippen LogP contribution in [0.1, 0.15) is 18.1 Å². The van der Waals surface area contributed by atoms with E-state index < -0.39 is 10.0 Å². The fourth-order valence-electron chi connectivity index (χ4n) is 2.27. The van der Waals surface area contributed by atoms with Crippen molar-refractivity contribution in [2.75, 3.05) is 19.6 Å². The van der Waals surface area contributed by atoms with Gasteiger partial charge in [0.25, 0.3) is 0 Å². The molecule has 19 heavy (non-hydrogen) atoms. The third kappa shape index (κ3) is 3.13. The predicted molar refractivity (Wildman–Crippen MR) is 72.8 cm³/mol. The minimum absolute atomic E-state index is 0.0482. The highest BCUT2D eigenvalue weighted by molar-refractivity contribution is 7.88. The standard InChI is InChI=1S/C13H17N3O2S/c1-11-9-15-6-7-16(11)19(17,18)10-13-5-3-2-4-12(13)8-14/h2-5,11,15H,6-7,9-10H2,1H3/t11-/m0/s1. The fourth-order valence-corrected chi connectivity index (χ4v) is 4.07. The molecule has 0 aromatic heterocycles. The van der Waals surface area contributed by atoms with E-state index in [9.17, 15) is 8.42 Å². The highest BCUT2D eigenvalue weighted by Gasteiger charge is 2.29. The molecule has 0 spiro atoms. The SMILES string of the molecule is C[C@H]1CNCCN1S(=O)(=O)Cc1ccccc1C#N. The molecule has 1 atom stereocenters. The lowest BCUT2D eigenvalue weighted by Gasteiger charge is -2.32. The summed E-state index contributed by atoms with van der Waals surface area (Å²) in [4.78, 5) is 0. The van der Waals surface area contributed by atoms with Crippen molar-refractivity contribution in [1.82, 2.24) is 9.62 Å². The van der Waals surface area contributed by atoms with Crippen LogP contribution in [0.3, 0.4) is 0 Å². The molecule has 2 rings (SSSR count). The summed E-state index contributed by atoms with van der Waals surface area (Å²) in [5.74, 6) is -0.110. The van der Waals surface area contributed by atoms with Gasteiger partial charge < -0.3 is 5.32 Å². The second kappa shape index (κ2) is 5.70. The summed E-state index contributed by atoms with van der Waals surface area (Å²) >= 11 is 0. The molecule has 0 saturated carbocycles. The molecule has 5 nitrogen and oxygen atoms in total. The minimum Gasteiger partial charge on any atom is -0.314 e. The highest BCUT2D eigenvalue weighted by atomic mass is 32.2. The number of hydrogen-bond acceptors (Lipinski definition) is 4. The summed E-state index contributed by atoms with van der Waals surface area (Å²) in [6, 6.07) is 8.83. The molecular weight excluding hydrogens is 262 g/mol. The van der Waals surface area contributed by atoms with Crippen molar-refractivity contribution < 1.29 is 8.42 Å². The summed E-state index contributed by atoms with van der Waals surface area (Å²) in [5, 5.41) is 12.2. The second-order valence-electron chi connectivity index (χ2n) is 4.69. The van der Waals surface area contributed by atoms with Gasteiger partial charge in [0.15, 0.2) is 0 Å². The Morgan fingerprint density at radius 3 is 2.89 bits per heavy atom. The summed E-state index contributed by atoms with van der Waals surface area (Å²) in [5.41, 5.74) is 0.990. The summed E-state index contributed by atoms with van der Waals surface area (Å²) < 4.78 is 26.4. The maximum atomic E-state index is 12.4. The van der Waals surface area contributed by atoms with E-state index in [-0.39, 0.29) is 11.8 Å². The van der Waals surface area contributed by atoms with Gasteiger partial charge >= 0.3 is 0 Å². The maximum absolute atomic E-state index is 12.4. The molecule has 1 fully saturated rings. The molecule has 0 aliphatic carbocycles. The normalized spacial score (nSPS) is 20.9. The topological polar surface area (TPSA) is 73.2 Å². The van der Waals surface area contributed by atoms with Crippen LogP contribution in [0.15, 0.2) is 24.3 Å². The van der Waals surface area contributed by atoms with Gasteiger partial charge in [-0.3, -0.25) is 0 Å². The molecule has 1 aliphatic rings. The first-order chi connectivity index (χ1) is 9.04. The van der Waals surface area contributed by atoms with Crippen molar-refractivity contribution in [2.24, 2.45) is 0 Å². The maximum Gasteiger partial charge on any atom is 0.218 e. The average Bonchev–Trinajstić information content (AvgIpc) is 2.39. The molecule has 1 saturated heterocycles. The minimum atomic E-state index is -3.38. The van der Waals surface area contributed by atoms with Gasteiger partial charge in [-0.05, 0) is 18.6 Å². The van der Waals surface area contributed by atoms with Crippen LogP contribution < -0.4 is 5.32 Å². The van der Waals surface area contributed by atoms with E-state index in [1.807, 2.05) is 13.0 Å². The number of piperazine rings is 1. The Labute approximate surface area is 113 Å². The molecular formula is C13H17N3O2S. The molecule has 0 unspecified atom stereocenters.